The van der Waals surface area contributed by atoms with Crippen LogP contribution in [-0.4, -0.2) is 46.8 Å². The van der Waals surface area contributed by atoms with Gasteiger partial charge in [-0.1, -0.05) is 12.1 Å². The molecule has 0 spiro atoms. The van der Waals surface area contributed by atoms with Gasteiger partial charge in [-0.15, -0.1) is 0 Å². The molecule has 5 heteroatoms. The summed E-state index contributed by atoms with van der Waals surface area (Å²) < 4.78 is 18.0. The highest BCUT2D eigenvalue weighted by molar-refractivity contribution is 5.23. The predicted molar refractivity (Wildman–Crippen MR) is 58.0 cm³/mol. The van der Waals surface area contributed by atoms with E-state index in [1.54, 1.807) is 12.1 Å². The van der Waals surface area contributed by atoms with Gasteiger partial charge >= 0.3 is 0 Å². The molecule has 4 nitrogen and oxygen atoms in total. The van der Waals surface area contributed by atoms with Crippen molar-refractivity contribution in [2.75, 3.05) is 13.2 Å². The van der Waals surface area contributed by atoms with Crippen LogP contribution in [0.5, 0.6) is 0 Å². The molecule has 1 fully saturated rings. The van der Waals surface area contributed by atoms with Gasteiger partial charge in [0.15, 0.2) is 0 Å². The van der Waals surface area contributed by atoms with E-state index >= 15 is 0 Å². The summed E-state index contributed by atoms with van der Waals surface area (Å²) in [5.41, 5.74) is 0.703. The summed E-state index contributed by atoms with van der Waals surface area (Å²) in [5.74, 6) is -0.762. The molecular weight excluding hydrogens is 227 g/mol. The fourth-order valence-corrected chi connectivity index (χ4v) is 2.05. The van der Waals surface area contributed by atoms with E-state index in [1.165, 1.54) is 12.1 Å². The zero-order valence-electron chi connectivity index (χ0n) is 9.16. The normalized spacial score (nSPS) is 33.6. The number of benzene rings is 1. The maximum absolute atomic E-state index is 12.8. The molecule has 0 amide bonds. The molecule has 94 valence electrons. The van der Waals surface area contributed by atoms with Gasteiger partial charge in [0.2, 0.25) is 0 Å². The van der Waals surface area contributed by atoms with Gasteiger partial charge in [0, 0.05) is 5.92 Å². The van der Waals surface area contributed by atoms with Gasteiger partial charge in [0.05, 0.1) is 19.3 Å². The topological polar surface area (TPSA) is 69.9 Å². The largest absolute Gasteiger partial charge is 0.394 e. The van der Waals surface area contributed by atoms with E-state index in [4.69, 9.17) is 9.84 Å². The van der Waals surface area contributed by atoms with Crippen LogP contribution < -0.4 is 0 Å². The second-order valence-electron chi connectivity index (χ2n) is 4.19. The quantitative estimate of drug-likeness (QED) is 0.684. The lowest BCUT2D eigenvalue weighted by atomic mass is 9.87. The lowest BCUT2D eigenvalue weighted by molar-refractivity contribution is -0.158. The van der Waals surface area contributed by atoms with E-state index in [0.717, 1.165) is 0 Å². The summed E-state index contributed by atoms with van der Waals surface area (Å²) in [6.45, 7) is -0.149. The Morgan fingerprint density at radius 3 is 2.41 bits per heavy atom. The van der Waals surface area contributed by atoms with Crippen molar-refractivity contribution >= 4 is 0 Å². The smallest absolute Gasteiger partial charge is 0.123 e. The van der Waals surface area contributed by atoms with Crippen LogP contribution >= 0.6 is 0 Å². The molecule has 1 heterocycles. The summed E-state index contributed by atoms with van der Waals surface area (Å²) >= 11 is 0. The average molecular weight is 242 g/mol. The Kier molecular flexibility index (Phi) is 3.73. The van der Waals surface area contributed by atoms with E-state index in [1.807, 2.05) is 0 Å². The fourth-order valence-electron chi connectivity index (χ4n) is 2.05. The van der Waals surface area contributed by atoms with Gasteiger partial charge in [0.1, 0.15) is 18.0 Å². The van der Waals surface area contributed by atoms with E-state index in [0.29, 0.717) is 5.56 Å². The van der Waals surface area contributed by atoms with Gasteiger partial charge in [-0.2, -0.15) is 0 Å². The molecule has 1 aromatic rings. The molecule has 1 aliphatic rings. The first-order valence-corrected chi connectivity index (χ1v) is 5.47. The summed E-state index contributed by atoms with van der Waals surface area (Å²) in [7, 11) is 0. The number of halogens is 1. The van der Waals surface area contributed by atoms with E-state index < -0.39 is 24.2 Å². The molecular formula is C12H15FO4. The molecule has 1 aromatic carbocycles. The van der Waals surface area contributed by atoms with Crippen LogP contribution in [0.25, 0.3) is 0 Å². The monoisotopic (exact) mass is 242 g/mol. The average Bonchev–Trinajstić information content (AvgIpc) is 2.34. The third kappa shape index (κ3) is 2.47. The summed E-state index contributed by atoms with van der Waals surface area (Å²) in [4.78, 5) is 0. The lowest BCUT2D eigenvalue weighted by Crippen LogP contribution is -2.50. The maximum atomic E-state index is 12.8. The van der Waals surface area contributed by atoms with Crippen molar-refractivity contribution in [3.05, 3.63) is 35.6 Å². The SMILES string of the molecule is OC[C@H]1OC[C@@H](c2ccc(F)cc2)[C@@H](O)[C@H]1O. The molecule has 0 radical (unpaired) electrons. The Morgan fingerprint density at radius 2 is 1.82 bits per heavy atom. The minimum absolute atomic E-state index is 0.190. The van der Waals surface area contributed by atoms with Crippen molar-refractivity contribution < 1.29 is 24.4 Å². The number of ether oxygens (including phenoxy) is 1. The second-order valence-corrected chi connectivity index (χ2v) is 4.19. The number of aliphatic hydroxyl groups excluding tert-OH is 3. The van der Waals surface area contributed by atoms with Crippen molar-refractivity contribution in [3.63, 3.8) is 0 Å². The van der Waals surface area contributed by atoms with Crippen LogP contribution in [0, 0.1) is 5.82 Å². The van der Waals surface area contributed by atoms with E-state index in [2.05, 4.69) is 0 Å². The zero-order valence-corrected chi connectivity index (χ0v) is 9.16. The highest BCUT2D eigenvalue weighted by Crippen LogP contribution is 2.29. The van der Waals surface area contributed by atoms with Gasteiger partial charge < -0.3 is 20.1 Å². The van der Waals surface area contributed by atoms with Crippen molar-refractivity contribution in [2.45, 2.75) is 24.2 Å². The van der Waals surface area contributed by atoms with Crippen LogP contribution in [0.2, 0.25) is 0 Å². The molecule has 4 atom stereocenters. The zero-order chi connectivity index (χ0) is 12.4. The highest BCUT2D eigenvalue weighted by atomic mass is 19.1. The molecule has 2 rings (SSSR count). The molecule has 0 bridgehead atoms. The van der Waals surface area contributed by atoms with Crippen molar-refractivity contribution in [3.8, 4) is 0 Å². The third-order valence-corrected chi connectivity index (χ3v) is 3.11. The number of hydrogen-bond donors (Lipinski definition) is 3. The van der Waals surface area contributed by atoms with Crippen molar-refractivity contribution in [1.82, 2.24) is 0 Å². The Labute approximate surface area is 98.3 Å². The molecule has 0 unspecified atom stereocenters. The van der Waals surface area contributed by atoms with Crippen molar-refractivity contribution in [2.24, 2.45) is 0 Å². The fraction of sp³-hybridized carbons (Fsp3) is 0.500. The highest BCUT2D eigenvalue weighted by Gasteiger charge is 2.38. The Morgan fingerprint density at radius 1 is 1.18 bits per heavy atom. The Bertz CT molecular complexity index is 367. The molecule has 0 aromatic heterocycles. The standard InChI is InChI=1S/C12H15FO4/c13-8-3-1-7(2-4-8)9-6-17-10(5-14)12(16)11(9)15/h1-4,9-12,14-16H,5-6H2/t9-,10+,11+,12-/m0/s1. The van der Waals surface area contributed by atoms with Crippen LogP contribution in [-0.2, 0) is 4.74 Å². The number of rotatable bonds is 2. The van der Waals surface area contributed by atoms with Crippen LogP contribution in [0.15, 0.2) is 24.3 Å². The maximum Gasteiger partial charge on any atom is 0.123 e. The van der Waals surface area contributed by atoms with Crippen LogP contribution in [0.3, 0.4) is 0 Å². The number of hydrogen-bond acceptors (Lipinski definition) is 4. The van der Waals surface area contributed by atoms with Gasteiger partial charge in [0.25, 0.3) is 0 Å². The number of aliphatic hydroxyl groups is 3. The molecule has 3 N–H and O–H groups in total. The van der Waals surface area contributed by atoms with Crippen molar-refractivity contribution in [1.29, 1.82) is 0 Å². The van der Waals surface area contributed by atoms with Gasteiger partial charge in [-0.3, -0.25) is 0 Å². The lowest BCUT2D eigenvalue weighted by Gasteiger charge is -2.37. The van der Waals surface area contributed by atoms with E-state index in [9.17, 15) is 14.6 Å². The third-order valence-electron chi connectivity index (χ3n) is 3.11. The molecule has 1 saturated heterocycles. The van der Waals surface area contributed by atoms with Gasteiger partial charge in [-0.25, -0.2) is 4.39 Å². The molecule has 0 aliphatic carbocycles. The summed E-state index contributed by atoms with van der Waals surface area (Å²) in [5, 5.41) is 28.6. The first-order valence-electron chi connectivity index (χ1n) is 5.47. The Balaban J connectivity index is 2.15. The van der Waals surface area contributed by atoms with Crippen LogP contribution in [0.4, 0.5) is 4.39 Å². The first-order chi connectivity index (χ1) is 8.13. The Hall–Kier alpha value is -1.01. The summed E-state index contributed by atoms with van der Waals surface area (Å²) in [6, 6.07) is 5.70. The van der Waals surface area contributed by atoms with Crippen LogP contribution in [0.1, 0.15) is 11.5 Å². The first kappa shape index (κ1) is 12.4. The minimum Gasteiger partial charge on any atom is -0.394 e. The van der Waals surface area contributed by atoms with Gasteiger partial charge in [-0.05, 0) is 17.7 Å². The second kappa shape index (κ2) is 5.10. The minimum atomic E-state index is -1.14. The molecule has 1 aliphatic heterocycles. The summed E-state index contributed by atoms with van der Waals surface area (Å²) in [6.07, 6.45) is -2.92. The predicted octanol–water partition coefficient (Wildman–Crippen LogP) is 0.0222. The molecule has 0 saturated carbocycles. The van der Waals surface area contributed by atoms with E-state index in [-0.39, 0.29) is 19.0 Å². The molecule has 17 heavy (non-hydrogen) atoms.